The van der Waals surface area contributed by atoms with E-state index in [-0.39, 0.29) is 11.8 Å². The third-order valence-electron chi connectivity index (χ3n) is 4.45. The van der Waals surface area contributed by atoms with Crippen molar-refractivity contribution in [3.63, 3.8) is 0 Å². The first-order chi connectivity index (χ1) is 12.7. The summed E-state index contributed by atoms with van der Waals surface area (Å²) in [6.07, 6.45) is 3.53. The topological polar surface area (TPSA) is 47.4 Å². The number of hydrogen-bond acceptors (Lipinski definition) is 5. The maximum atomic E-state index is 13.5. The van der Waals surface area contributed by atoms with E-state index in [0.29, 0.717) is 19.0 Å². The number of thiophene rings is 1. The van der Waals surface area contributed by atoms with Crippen molar-refractivity contribution < 1.29 is 9.53 Å². The summed E-state index contributed by atoms with van der Waals surface area (Å²) in [5, 5.41) is 2.99. The predicted octanol–water partition coefficient (Wildman–Crippen LogP) is 3.95. The van der Waals surface area contributed by atoms with Gasteiger partial charge in [-0.1, -0.05) is 28.1 Å². The largest absolute Gasteiger partial charge is 0.379 e. The fourth-order valence-electron chi connectivity index (χ4n) is 3.20. The number of carbonyl (C=O) groups is 1. The Bertz CT molecular complexity index is 871. The molecule has 1 aliphatic heterocycles. The van der Waals surface area contributed by atoms with Crippen LogP contribution in [0.25, 0.3) is 5.00 Å². The van der Waals surface area contributed by atoms with Crippen molar-refractivity contribution in [2.24, 2.45) is 0 Å². The zero-order valence-electron chi connectivity index (χ0n) is 14.0. The van der Waals surface area contributed by atoms with E-state index in [9.17, 15) is 4.79 Å². The van der Waals surface area contributed by atoms with Gasteiger partial charge in [0.25, 0.3) is 0 Å². The summed E-state index contributed by atoms with van der Waals surface area (Å²) < 4.78 is 8.35. The molecular formula is C19H18BrN3O2S. The summed E-state index contributed by atoms with van der Waals surface area (Å²) in [5.41, 5.74) is 0.973. The lowest BCUT2D eigenvalue weighted by atomic mass is 10.00. The Labute approximate surface area is 164 Å². The van der Waals surface area contributed by atoms with Gasteiger partial charge in [-0.3, -0.25) is 14.3 Å². The summed E-state index contributed by atoms with van der Waals surface area (Å²) >= 11 is 5.06. The zero-order chi connectivity index (χ0) is 17.9. The molecular weight excluding hydrogens is 414 g/mol. The first kappa shape index (κ1) is 17.6. The quantitative estimate of drug-likeness (QED) is 0.573. The molecule has 0 bridgehead atoms. The molecule has 0 radical (unpaired) electrons. The number of aromatic nitrogens is 2. The van der Waals surface area contributed by atoms with Crippen LogP contribution in [0, 0.1) is 0 Å². The molecule has 1 aliphatic rings. The van der Waals surface area contributed by atoms with Gasteiger partial charge in [-0.05, 0) is 35.2 Å². The van der Waals surface area contributed by atoms with Crippen molar-refractivity contribution >= 4 is 33.0 Å². The van der Waals surface area contributed by atoms with Crippen LogP contribution in [-0.2, 0) is 4.74 Å². The molecule has 5 nitrogen and oxygen atoms in total. The molecule has 0 aliphatic carbocycles. The van der Waals surface area contributed by atoms with Crippen LogP contribution >= 0.6 is 27.3 Å². The van der Waals surface area contributed by atoms with Gasteiger partial charge in [-0.2, -0.15) is 0 Å². The molecule has 3 aromatic rings. The molecule has 1 atom stereocenters. The van der Waals surface area contributed by atoms with E-state index in [1.807, 2.05) is 52.5 Å². The van der Waals surface area contributed by atoms with E-state index < -0.39 is 0 Å². The van der Waals surface area contributed by atoms with E-state index >= 15 is 0 Å². The number of benzene rings is 1. The molecule has 1 fully saturated rings. The lowest BCUT2D eigenvalue weighted by Gasteiger charge is -2.33. The number of Topliss-reactive ketones (excluding diaryl/α,β-unsaturated/α-hetero) is 1. The minimum absolute atomic E-state index is 0.00706. The molecule has 26 heavy (non-hydrogen) atoms. The van der Waals surface area contributed by atoms with E-state index in [4.69, 9.17) is 4.74 Å². The van der Waals surface area contributed by atoms with Gasteiger partial charge in [0.05, 0.1) is 13.2 Å². The highest BCUT2D eigenvalue weighted by Gasteiger charge is 2.32. The predicted molar refractivity (Wildman–Crippen MR) is 105 cm³/mol. The lowest BCUT2D eigenvalue weighted by molar-refractivity contribution is 0.0168. The van der Waals surface area contributed by atoms with Crippen molar-refractivity contribution in [2.75, 3.05) is 26.3 Å². The minimum Gasteiger partial charge on any atom is -0.379 e. The van der Waals surface area contributed by atoms with E-state index in [0.717, 1.165) is 28.1 Å². The second-order valence-corrected chi connectivity index (χ2v) is 7.88. The maximum absolute atomic E-state index is 13.5. The lowest BCUT2D eigenvalue weighted by Crippen LogP contribution is -2.42. The van der Waals surface area contributed by atoms with Crippen molar-refractivity contribution in [1.29, 1.82) is 0 Å². The summed E-state index contributed by atoms with van der Waals surface area (Å²) in [6.45, 7) is 2.73. The fourth-order valence-corrected chi connectivity index (χ4v) is 4.18. The Hall–Kier alpha value is -1.80. The number of ketones is 1. The third-order valence-corrected chi connectivity index (χ3v) is 5.85. The Morgan fingerprint density at radius 2 is 1.96 bits per heavy atom. The van der Waals surface area contributed by atoms with Crippen molar-refractivity contribution in [2.45, 2.75) is 6.04 Å². The smallest absolute Gasteiger partial charge is 0.220 e. The maximum Gasteiger partial charge on any atom is 0.220 e. The molecule has 3 heterocycles. The summed E-state index contributed by atoms with van der Waals surface area (Å²) in [4.78, 5) is 20.1. The molecule has 0 spiro atoms. The normalized spacial score (nSPS) is 16.5. The van der Waals surface area contributed by atoms with Crippen LogP contribution in [-0.4, -0.2) is 46.5 Å². The summed E-state index contributed by atoms with van der Waals surface area (Å²) in [5.74, 6) is 0.472. The summed E-state index contributed by atoms with van der Waals surface area (Å²) in [7, 11) is 0. The van der Waals surface area contributed by atoms with Gasteiger partial charge in [0, 0.05) is 30.0 Å². The van der Waals surface area contributed by atoms with Crippen LogP contribution in [0.4, 0.5) is 0 Å². The van der Waals surface area contributed by atoms with E-state index in [1.54, 1.807) is 17.5 Å². The van der Waals surface area contributed by atoms with Gasteiger partial charge in [0.1, 0.15) is 11.0 Å². The van der Waals surface area contributed by atoms with Crippen LogP contribution < -0.4 is 0 Å². The van der Waals surface area contributed by atoms with Gasteiger partial charge in [-0.15, -0.1) is 11.3 Å². The minimum atomic E-state index is -0.367. The summed E-state index contributed by atoms with van der Waals surface area (Å²) in [6, 6.07) is 11.5. The number of nitrogens with zero attached hydrogens (tertiary/aromatic N) is 3. The van der Waals surface area contributed by atoms with Crippen molar-refractivity contribution in [3.8, 4) is 5.00 Å². The second-order valence-electron chi connectivity index (χ2n) is 6.04. The zero-order valence-corrected chi connectivity index (χ0v) is 16.4. The Kier molecular flexibility index (Phi) is 5.31. The van der Waals surface area contributed by atoms with Crippen LogP contribution in [0.3, 0.4) is 0 Å². The van der Waals surface area contributed by atoms with Crippen LogP contribution in [0.1, 0.15) is 22.2 Å². The molecule has 0 amide bonds. The van der Waals surface area contributed by atoms with Gasteiger partial charge in [0.2, 0.25) is 5.78 Å². The van der Waals surface area contributed by atoms with Gasteiger partial charge in [0.15, 0.2) is 5.82 Å². The van der Waals surface area contributed by atoms with E-state index in [2.05, 4.69) is 25.8 Å². The van der Waals surface area contributed by atoms with Gasteiger partial charge in [-0.25, -0.2) is 4.98 Å². The highest BCUT2D eigenvalue weighted by molar-refractivity contribution is 9.10. The molecule has 4 rings (SSSR count). The van der Waals surface area contributed by atoms with Crippen LogP contribution in [0.2, 0.25) is 0 Å². The number of morpholine rings is 1. The van der Waals surface area contributed by atoms with E-state index in [1.165, 1.54) is 0 Å². The van der Waals surface area contributed by atoms with Crippen molar-refractivity contribution in [3.05, 3.63) is 70.0 Å². The number of hydrogen-bond donors (Lipinski definition) is 0. The molecule has 7 heteroatoms. The molecule has 0 unspecified atom stereocenters. The number of halogens is 1. The SMILES string of the molecule is O=C(c1nccn1-c1cccs1)[C@H](c1ccc(Br)cc1)N1CCOCC1. The first-order valence-electron chi connectivity index (χ1n) is 8.43. The fraction of sp³-hybridized carbons (Fsp3) is 0.263. The standard InChI is InChI=1S/C19H18BrN3O2S/c20-15-5-3-14(4-6-15)17(22-9-11-25-12-10-22)18(24)19-21-7-8-23(19)16-2-1-13-26-16/h1-8,13,17H,9-12H2/t17-/m0/s1. The number of rotatable bonds is 5. The van der Waals surface area contributed by atoms with Crippen molar-refractivity contribution in [1.82, 2.24) is 14.5 Å². The first-order valence-corrected chi connectivity index (χ1v) is 10.1. The molecule has 2 aromatic heterocycles. The highest BCUT2D eigenvalue weighted by atomic mass is 79.9. The van der Waals surface area contributed by atoms with Crippen LogP contribution in [0.5, 0.6) is 0 Å². The average molecular weight is 432 g/mol. The number of ether oxygens (including phenoxy) is 1. The average Bonchev–Trinajstić information content (AvgIpc) is 3.35. The number of carbonyl (C=O) groups excluding carboxylic acids is 1. The number of imidazole rings is 1. The van der Waals surface area contributed by atoms with Gasteiger partial charge >= 0.3 is 0 Å². The Morgan fingerprint density at radius 1 is 1.19 bits per heavy atom. The third kappa shape index (κ3) is 3.53. The molecule has 1 aromatic carbocycles. The molecule has 0 saturated carbocycles. The monoisotopic (exact) mass is 431 g/mol. The Morgan fingerprint density at radius 3 is 2.65 bits per heavy atom. The molecule has 134 valence electrons. The van der Waals surface area contributed by atoms with Crippen LogP contribution in [0.15, 0.2) is 58.6 Å². The second kappa shape index (κ2) is 7.84. The molecule has 0 N–H and O–H groups in total. The molecule has 1 saturated heterocycles. The highest BCUT2D eigenvalue weighted by Crippen LogP contribution is 2.28. The van der Waals surface area contributed by atoms with Gasteiger partial charge < -0.3 is 4.74 Å². The Balaban J connectivity index is 1.73.